The molecular formula is C12H13F3N2O. The SMILES string of the molecule is CCOc1cccc(NCC(C#N)C(F)(F)F)c1. The maximum Gasteiger partial charge on any atom is 0.406 e. The average molecular weight is 258 g/mol. The van der Waals surface area contributed by atoms with Gasteiger partial charge in [-0.25, -0.2) is 0 Å². The molecule has 0 aliphatic rings. The van der Waals surface area contributed by atoms with Gasteiger partial charge < -0.3 is 10.1 Å². The number of alkyl halides is 3. The Kier molecular flexibility index (Phi) is 4.84. The molecule has 0 heterocycles. The van der Waals surface area contributed by atoms with Crippen molar-refractivity contribution in [2.75, 3.05) is 18.5 Å². The van der Waals surface area contributed by atoms with Crippen LogP contribution in [-0.2, 0) is 0 Å². The highest BCUT2D eigenvalue weighted by atomic mass is 19.4. The van der Waals surface area contributed by atoms with Crippen molar-refractivity contribution in [2.24, 2.45) is 5.92 Å². The van der Waals surface area contributed by atoms with Crippen LogP contribution in [0, 0.1) is 17.2 Å². The second kappa shape index (κ2) is 6.15. The van der Waals surface area contributed by atoms with Crippen molar-refractivity contribution < 1.29 is 17.9 Å². The summed E-state index contributed by atoms with van der Waals surface area (Å²) in [5.74, 6) is -1.45. The van der Waals surface area contributed by atoms with Crippen LogP contribution in [0.25, 0.3) is 0 Å². The number of nitrogens with zero attached hydrogens (tertiary/aromatic N) is 1. The van der Waals surface area contributed by atoms with Crippen molar-refractivity contribution in [1.82, 2.24) is 0 Å². The van der Waals surface area contributed by atoms with Crippen molar-refractivity contribution in [3.8, 4) is 11.8 Å². The Labute approximate surface area is 103 Å². The summed E-state index contributed by atoms with van der Waals surface area (Å²) in [5.41, 5.74) is 0.491. The monoisotopic (exact) mass is 258 g/mol. The molecule has 1 N–H and O–H groups in total. The van der Waals surface area contributed by atoms with E-state index in [2.05, 4.69) is 5.32 Å². The van der Waals surface area contributed by atoms with Gasteiger partial charge in [0.1, 0.15) is 5.75 Å². The molecule has 0 bridgehead atoms. The molecule has 1 aromatic carbocycles. The minimum atomic E-state index is -4.51. The molecule has 0 aliphatic carbocycles. The topological polar surface area (TPSA) is 45.0 Å². The van der Waals surface area contributed by atoms with Crippen molar-refractivity contribution >= 4 is 5.69 Å². The van der Waals surface area contributed by atoms with E-state index in [4.69, 9.17) is 10.00 Å². The molecule has 0 aromatic heterocycles. The van der Waals surface area contributed by atoms with Crippen molar-refractivity contribution in [2.45, 2.75) is 13.1 Å². The summed E-state index contributed by atoms with van der Waals surface area (Å²) < 4.78 is 42.2. The zero-order valence-electron chi connectivity index (χ0n) is 9.79. The van der Waals surface area contributed by atoms with Gasteiger partial charge in [-0.1, -0.05) is 6.07 Å². The Hall–Kier alpha value is -1.90. The number of nitriles is 1. The quantitative estimate of drug-likeness (QED) is 0.882. The number of nitrogens with one attached hydrogen (secondary N) is 1. The van der Waals surface area contributed by atoms with Gasteiger partial charge in [0.05, 0.1) is 12.7 Å². The Morgan fingerprint density at radius 2 is 2.17 bits per heavy atom. The zero-order chi connectivity index (χ0) is 13.6. The first-order chi connectivity index (χ1) is 8.47. The molecule has 0 radical (unpaired) electrons. The molecule has 1 rings (SSSR count). The van der Waals surface area contributed by atoms with Crippen LogP contribution >= 0.6 is 0 Å². The van der Waals surface area contributed by atoms with Gasteiger partial charge in [0.2, 0.25) is 0 Å². The van der Waals surface area contributed by atoms with E-state index in [0.29, 0.717) is 18.0 Å². The summed E-state index contributed by atoms with van der Waals surface area (Å²) in [6.45, 7) is 1.82. The highest BCUT2D eigenvalue weighted by molar-refractivity contribution is 5.48. The summed E-state index contributed by atoms with van der Waals surface area (Å²) in [6.07, 6.45) is -4.51. The number of hydrogen-bond acceptors (Lipinski definition) is 3. The summed E-state index contributed by atoms with van der Waals surface area (Å²) >= 11 is 0. The zero-order valence-corrected chi connectivity index (χ0v) is 9.79. The lowest BCUT2D eigenvalue weighted by Crippen LogP contribution is -2.28. The third kappa shape index (κ3) is 4.17. The van der Waals surface area contributed by atoms with Crippen LogP contribution in [0.2, 0.25) is 0 Å². The maximum atomic E-state index is 12.3. The second-order valence-corrected chi connectivity index (χ2v) is 3.57. The predicted molar refractivity (Wildman–Crippen MR) is 61.3 cm³/mol. The first-order valence-electron chi connectivity index (χ1n) is 5.40. The van der Waals surface area contributed by atoms with E-state index in [1.165, 1.54) is 6.07 Å². The predicted octanol–water partition coefficient (Wildman–Crippen LogP) is 3.20. The summed E-state index contributed by atoms with van der Waals surface area (Å²) in [6, 6.07) is 7.82. The maximum absolute atomic E-state index is 12.3. The normalized spacial score (nSPS) is 12.6. The van der Waals surface area contributed by atoms with Crippen LogP contribution in [0.4, 0.5) is 18.9 Å². The standard InChI is InChI=1S/C12H13F3N2O/c1-2-18-11-5-3-4-10(6-11)17-8-9(7-16)12(13,14)15/h3-6,9,17H,2,8H2,1H3. The second-order valence-electron chi connectivity index (χ2n) is 3.57. The van der Waals surface area contributed by atoms with E-state index < -0.39 is 18.6 Å². The molecule has 98 valence electrons. The molecule has 1 atom stereocenters. The average Bonchev–Trinajstić information content (AvgIpc) is 2.29. The van der Waals surface area contributed by atoms with Gasteiger partial charge in [0, 0.05) is 18.3 Å². The largest absolute Gasteiger partial charge is 0.494 e. The number of halogens is 3. The third-order valence-corrected chi connectivity index (χ3v) is 2.21. The Balaban J connectivity index is 2.63. The molecule has 1 aromatic rings. The lowest BCUT2D eigenvalue weighted by molar-refractivity contribution is -0.155. The Morgan fingerprint density at radius 3 is 2.72 bits per heavy atom. The number of hydrogen-bond donors (Lipinski definition) is 1. The number of anilines is 1. The van der Waals surface area contributed by atoms with E-state index in [1.54, 1.807) is 24.3 Å². The van der Waals surface area contributed by atoms with Crippen molar-refractivity contribution in [3.05, 3.63) is 24.3 Å². The minimum Gasteiger partial charge on any atom is -0.494 e. The summed E-state index contributed by atoms with van der Waals surface area (Å²) in [5, 5.41) is 11.0. The highest BCUT2D eigenvalue weighted by Crippen LogP contribution is 2.26. The van der Waals surface area contributed by atoms with Crippen LogP contribution < -0.4 is 10.1 Å². The van der Waals surface area contributed by atoms with Gasteiger partial charge in [0.15, 0.2) is 5.92 Å². The number of benzene rings is 1. The number of rotatable bonds is 5. The molecule has 0 spiro atoms. The van der Waals surface area contributed by atoms with E-state index in [0.717, 1.165) is 0 Å². The molecule has 18 heavy (non-hydrogen) atoms. The molecular weight excluding hydrogens is 245 g/mol. The number of ether oxygens (including phenoxy) is 1. The lowest BCUT2D eigenvalue weighted by atomic mass is 10.1. The van der Waals surface area contributed by atoms with Crippen LogP contribution in [0.1, 0.15) is 6.92 Å². The van der Waals surface area contributed by atoms with Gasteiger partial charge in [-0.05, 0) is 19.1 Å². The molecule has 0 amide bonds. The Bertz CT molecular complexity index is 426. The van der Waals surface area contributed by atoms with E-state index >= 15 is 0 Å². The van der Waals surface area contributed by atoms with Crippen LogP contribution in [0.5, 0.6) is 5.75 Å². The van der Waals surface area contributed by atoms with Gasteiger partial charge in [-0.15, -0.1) is 0 Å². The molecule has 0 saturated heterocycles. The van der Waals surface area contributed by atoms with E-state index in [-0.39, 0.29) is 0 Å². The third-order valence-electron chi connectivity index (χ3n) is 2.21. The fraction of sp³-hybridized carbons (Fsp3) is 0.417. The van der Waals surface area contributed by atoms with Gasteiger partial charge in [0.25, 0.3) is 0 Å². The fourth-order valence-corrected chi connectivity index (χ4v) is 1.32. The smallest absolute Gasteiger partial charge is 0.406 e. The molecule has 1 unspecified atom stereocenters. The minimum absolute atomic E-state index is 0.477. The van der Waals surface area contributed by atoms with Gasteiger partial charge in [-0.2, -0.15) is 18.4 Å². The highest BCUT2D eigenvalue weighted by Gasteiger charge is 2.39. The lowest BCUT2D eigenvalue weighted by Gasteiger charge is -2.15. The molecule has 0 saturated carbocycles. The summed E-state index contributed by atoms with van der Waals surface area (Å²) in [7, 11) is 0. The van der Waals surface area contributed by atoms with Gasteiger partial charge >= 0.3 is 6.18 Å². The van der Waals surface area contributed by atoms with Crippen LogP contribution in [-0.4, -0.2) is 19.3 Å². The molecule has 0 fully saturated rings. The van der Waals surface area contributed by atoms with Crippen LogP contribution in [0.15, 0.2) is 24.3 Å². The molecule has 6 heteroatoms. The van der Waals surface area contributed by atoms with Crippen molar-refractivity contribution in [1.29, 1.82) is 5.26 Å². The van der Waals surface area contributed by atoms with Gasteiger partial charge in [-0.3, -0.25) is 0 Å². The van der Waals surface area contributed by atoms with E-state index in [1.807, 2.05) is 6.92 Å². The van der Waals surface area contributed by atoms with Crippen LogP contribution in [0.3, 0.4) is 0 Å². The molecule has 3 nitrogen and oxygen atoms in total. The fourth-order valence-electron chi connectivity index (χ4n) is 1.32. The first-order valence-corrected chi connectivity index (χ1v) is 5.40. The van der Waals surface area contributed by atoms with E-state index in [9.17, 15) is 13.2 Å². The summed E-state index contributed by atoms with van der Waals surface area (Å²) in [4.78, 5) is 0. The van der Waals surface area contributed by atoms with Crippen molar-refractivity contribution in [3.63, 3.8) is 0 Å². The first kappa shape index (κ1) is 14.2. The molecule has 0 aliphatic heterocycles. The Morgan fingerprint density at radius 1 is 1.44 bits per heavy atom.